The lowest BCUT2D eigenvalue weighted by molar-refractivity contribution is -0.254. The molecular formula is C10H9N2O3+. The first kappa shape index (κ1) is 9.42. The molecule has 1 aromatic heterocycles. The van der Waals surface area contributed by atoms with Gasteiger partial charge in [-0.1, -0.05) is 0 Å². The van der Waals surface area contributed by atoms with E-state index in [1.54, 1.807) is 12.3 Å². The number of hydrogen-bond donors (Lipinski definition) is 3. The monoisotopic (exact) mass is 205 g/mol. The van der Waals surface area contributed by atoms with Gasteiger partial charge in [0.25, 0.3) is 0 Å². The van der Waals surface area contributed by atoms with Crippen molar-refractivity contribution >= 4 is 22.8 Å². The highest BCUT2D eigenvalue weighted by atomic mass is 16.4. The standard InChI is InChI=1S/C10H8N2O3/c11-9(13)7-2-1-6(10(14)15)5-3-4-12-8(5)7/h1-4,12H,(H2,11,13)(H,14,15)/p+1. The predicted molar refractivity (Wildman–Crippen MR) is 52.5 cm³/mol. The van der Waals surface area contributed by atoms with E-state index in [4.69, 9.17) is 5.11 Å². The molecule has 1 heterocycles. The second-order valence-electron chi connectivity index (χ2n) is 3.16. The highest BCUT2D eigenvalue weighted by molar-refractivity contribution is 6.09. The minimum Gasteiger partial charge on any atom is -0.478 e. The lowest BCUT2D eigenvalue weighted by Gasteiger charge is -1.99. The van der Waals surface area contributed by atoms with E-state index in [0.29, 0.717) is 16.5 Å². The molecule has 0 radical (unpaired) electrons. The van der Waals surface area contributed by atoms with Gasteiger partial charge in [-0.15, -0.1) is 0 Å². The fraction of sp³-hybridized carbons (Fsp3) is 0. The highest BCUT2D eigenvalue weighted by Crippen LogP contribution is 2.21. The molecule has 1 aromatic carbocycles. The van der Waals surface area contributed by atoms with E-state index in [1.165, 1.54) is 12.1 Å². The Balaban J connectivity index is 2.82. The van der Waals surface area contributed by atoms with E-state index >= 15 is 0 Å². The summed E-state index contributed by atoms with van der Waals surface area (Å²) in [7, 11) is 0. The van der Waals surface area contributed by atoms with Crippen molar-refractivity contribution < 1.29 is 20.4 Å². The van der Waals surface area contributed by atoms with Crippen molar-refractivity contribution in [1.29, 1.82) is 0 Å². The third-order valence-corrected chi connectivity index (χ3v) is 2.25. The van der Waals surface area contributed by atoms with Gasteiger partial charge in [0, 0.05) is 11.6 Å². The van der Waals surface area contributed by atoms with Gasteiger partial charge in [-0.05, 0) is 18.2 Å². The molecular weight excluding hydrogens is 196 g/mol. The molecule has 5 heteroatoms. The first-order chi connectivity index (χ1) is 7.11. The molecule has 5 N–H and O–H groups in total. The molecule has 0 fully saturated rings. The number of amides is 1. The minimum atomic E-state index is -1.01. The Morgan fingerprint density at radius 2 is 1.87 bits per heavy atom. The molecule has 15 heavy (non-hydrogen) atoms. The number of carboxylic acids is 1. The predicted octanol–water partition coefficient (Wildman–Crippen LogP) is 0.248. The molecule has 0 atom stereocenters. The number of aromatic amines is 1. The number of carboxylic acid groups (broad SMARTS) is 1. The lowest BCUT2D eigenvalue weighted by Crippen LogP contribution is -2.56. The maximum absolute atomic E-state index is 11.2. The fourth-order valence-corrected chi connectivity index (χ4v) is 1.58. The maximum Gasteiger partial charge on any atom is 0.343 e. The van der Waals surface area contributed by atoms with Crippen LogP contribution in [0.3, 0.4) is 0 Å². The van der Waals surface area contributed by atoms with Gasteiger partial charge in [0.2, 0.25) is 0 Å². The minimum absolute atomic E-state index is 0.177. The van der Waals surface area contributed by atoms with Gasteiger partial charge in [-0.2, -0.15) is 0 Å². The molecule has 0 unspecified atom stereocenters. The first-order valence-electron chi connectivity index (χ1n) is 4.31. The third-order valence-electron chi connectivity index (χ3n) is 2.25. The van der Waals surface area contributed by atoms with E-state index in [0.717, 1.165) is 0 Å². The van der Waals surface area contributed by atoms with Crippen molar-refractivity contribution in [2.75, 3.05) is 0 Å². The van der Waals surface area contributed by atoms with Gasteiger partial charge < -0.3 is 10.1 Å². The zero-order valence-electron chi connectivity index (χ0n) is 7.78. The van der Waals surface area contributed by atoms with Crippen molar-refractivity contribution in [3.8, 4) is 0 Å². The van der Waals surface area contributed by atoms with Crippen LogP contribution in [0, 0.1) is 0 Å². The number of carbonyl (C=O) groups excluding carboxylic acids is 1. The van der Waals surface area contributed by atoms with Gasteiger partial charge in [0.1, 0.15) is 5.56 Å². The molecule has 0 spiro atoms. The maximum atomic E-state index is 11.2. The summed E-state index contributed by atoms with van der Waals surface area (Å²) in [6, 6.07) is 4.51. The van der Waals surface area contributed by atoms with Crippen molar-refractivity contribution in [2.45, 2.75) is 0 Å². The van der Waals surface area contributed by atoms with Crippen LogP contribution in [0.25, 0.3) is 10.9 Å². The Morgan fingerprint density at radius 1 is 1.20 bits per heavy atom. The van der Waals surface area contributed by atoms with Crippen LogP contribution in [0.1, 0.15) is 20.7 Å². The number of hydrogen-bond acceptors (Lipinski definition) is 2. The molecule has 0 aliphatic heterocycles. The smallest absolute Gasteiger partial charge is 0.343 e. The summed E-state index contributed by atoms with van der Waals surface area (Å²) in [6.07, 6.45) is 1.60. The van der Waals surface area contributed by atoms with E-state index in [1.807, 2.05) is 0 Å². The van der Waals surface area contributed by atoms with Crippen LogP contribution >= 0.6 is 0 Å². The van der Waals surface area contributed by atoms with Crippen LogP contribution in [0.4, 0.5) is 0 Å². The average molecular weight is 205 g/mol. The molecule has 0 bridgehead atoms. The molecule has 0 aliphatic carbocycles. The Labute approximate surface area is 84.5 Å². The third kappa shape index (κ3) is 1.38. The van der Waals surface area contributed by atoms with Crippen molar-refractivity contribution in [3.05, 3.63) is 35.5 Å². The van der Waals surface area contributed by atoms with Crippen LogP contribution in [0.15, 0.2) is 24.4 Å². The summed E-state index contributed by atoms with van der Waals surface area (Å²) in [5, 5.41) is 9.44. The molecule has 2 rings (SSSR count). The summed E-state index contributed by atoms with van der Waals surface area (Å²) >= 11 is 0. The van der Waals surface area contributed by atoms with Crippen LogP contribution in [0.2, 0.25) is 0 Å². The molecule has 0 aliphatic rings. The zero-order chi connectivity index (χ0) is 11.0. The van der Waals surface area contributed by atoms with Crippen molar-refractivity contribution in [1.82, 2.24) is 4.98 Å². The summed E-state index contributed by atoms with van der Waals surface area (Å²) in [4.78, 5) is 24.9. The number of benzene rings is 1. The topological polar surface area (TPSA) is 97.8 Å². The normalized spacial score (nSPS) is 10.5. The zero-order valence-corrected chi connectivity index (χ0v) is 7.78. The molecule has 1 amide bonds. The van der Waals surface area contributed by atoms with E-state index in [9.17, 15) is 9.59 Å². The van der Waals surface area contributed by atoms with Crippen LogP contribution < -0.4 is 5.73 Å². The number of fused-ring (bicyclic) bond motifs is 1. The Kier molecular flexibility index (Phi) is 2.02. The number of aromatic carboxylic acids is 1. The lowest BCUT2D eigenvalue weighted by atomic mass is 10.1. The summed E-state index contributed by atoms with van der Waals surface area (Å²) in [6.45, 7) is 0. The Bertz CT molecular complexity index is 509. The van der Waals surface area contributed by atoms with Gasteiger partial charge in [-0.3, -0.25) is 5.73 Å². The number of aromatic nitrogens is 1. The van der Waals surface area contributed by atoms with Gasteiger partial charge in [-0.25, -0.2) is 9.59 Å². The highest BCUT2D eigenvalue weighted by Gasteiger charge is 2.15. The Hall–Kier alpha value is -2.14. The van der Waals surface area contributed by atoms with Crippen molar-refractivity contribution in [3.63, 3.8) is 0 Å². The first-order valence-corrected chi connectivity index (χ1v) is 4.31. The molecule has 0 saturated heterocycles. The SMILES string of the molecule is [NH3+]C(=O)c1ccc(C(=O)O)c2cc[nH]c12. The quantitative estimate of drug-likeness (QED) is 0.655. The molecule has 2 aromatic rings. The van der Waals surface area contributed by atoms with E-state index in [2.05, 4.69) is 10.7 Å². The summed E-state index contributed by atoms with van der Waals surface area (Å²) in [5.74, 6) is -1.35. The van der Waals surface area contributed by atoms with E-state index in [-0.39, 0.29) is 11.5 Å². The second kappa shape index (κ2) is 3.21. The van der Waals surface area contributed by atoms with Crippen molar-refractivity contribution in [2.24, 2.45) is 0 Å². The van der Waals surface area contributed by atoms with Crippen LogP contribution in [0.5, 0.6) is 0 Å². The number of quaternary nitrogens is 1. The second-order valence-corrected chi connectivity index (χ2v) is 3.16. The molecule has 5 nitrogen and oxygen atoms in total. The fourth-order valence-electron chi connectivity index (χ4n) is 1.58. The Morgan fingerprint density at radius 3 is 2.47 bits per heavy atom. The van der Waals surface area contributed by atoms with Gasteiger partial charge in [0.15, 0.2) is 0 Å². The van der Waals surface area contributed by atoms with Crippen LogP contribution in [-0.2, 0) is 0 Å². The number of H-pyrrole nitrogens is 1. The number of nitrogens with one attached hydrogen (secondary N) is 1. The van der Waals surface area contributed by atoms with E-state index < -0.39 is 5.97 Å². The summed E-state index contributed by atoms with van der Waals surface area (Å²) in [5.41, 5.74) is 4.41. The average Bonchev–Trinajstić information content (AvgIpc) is 2.63. The number of rotatable bonds is 2. The molecule has 76 valence electrons. The van der Waals surface area contributed by atoms with Gasteiger partial charge in [0.05, 0.1) is 11.1 Å². The van der Waals surface area contributed by atoms with Crippen LogP contribution in [-0.4, -0.2) is 22.0 Å². The largest absolute Gasteiger partial charge is 0.478 e. The summed E-state index contributed by atoms with van der Waals surface area (Å²) < 4.78 is 0. The number of carbonyl (C=O) groups is 2. The van der Waals surface area contributed by atoms with Gasteiger partial charge >= 0.3 is 11.9 Å². The molecule has 0 saturated carbocycles.